The predicted molar refractivity (Wildman–Crippen MR) is 116 cm³/mol. The van der Waals surface area contributed by atoms with Crippen LogP contribution in [-0.2, 0) is 0 Å². The summed E-state index contributed by atoms with van der Waals surface area (Å²) in [5, 5.41) is 7.94. The summed E-state index contributed by atoms with van der Waals surface area (Å²) in [4.78, 5) is 14.7. The molecule has 0 bridgehead atoms. The zero-order chi connectivity index (χ0) is 20.4. The molecule has 1 aliphatic heterocycles. The molecule has 29 heavy (non-hydrogen) atoms. The second-order valence-corrected chi connectivity index (χ2v) is 8.04. The number of furan rings is 1. The Labute approximate surface area is 183 Å². The lowest BCUT2D eigenvalue weighted by Crippen LogP contribution is -2.30. The summed E-state index contributed by atoms with van der Waals surface area (Å²) in [5.41, 5.74) is 0.772. The molecular weight excluding hydrogens is 435 g/mol. The maximum absolute atomic E-state index is 12.3. The van der Waals surface area contributed by atoms with Crippen molar-refractivity contribution in [2.24, 2.45) is 0 Å². The first kappa shape index (κ1) is 20.3. The molecule has 9 heteroatoms. The van der Waals surface area contributed by atoms with Crippen LogP contribution in [0.1, 0.15) is 24.6 Å². The fraction of sp³-hybridized carbons (Fsp3) is 0.300. The van der Waals surface area contributed by atoms with Crippen LogP contribution in [-0.4, -0.2) is 34.3 Å². The summed E-state index contributed by atoms with van der Waals surface area (Å²) < 4.78 is 6.82. The van der Waals surface area contributed by atoms with Crippen molar-refractivity contribution in [2.75, 3.05) is 25.0 Å². The molecule has 1 atom stereocenters. The Morgan fingerprint density at radius 1 is 1.14 bits per heavy atom. The largest absolute Gasteiger partial charge is 0.468 e. The summed E-state index contributed by atoms with van der Waals surface area (Å²) in [6.45, 7) is 2.74. The molecule has 3 aromatic rings. The third kappa shape index (κ3) is 4.31. The normalized spacial score (nSPS) is 15.6. The van der Waals surface area contributed by atoms with Crippen LogP contribution >= 0.6 is 34.8 Å². The zero-order valence-corrected chi connectivity index (χ0v) is 17.7. The van der Waals surface area contributed by atoms with Crippen LogP contribution in [0.3, 0.4) is 0 Å². The lowest BCUT2D eigenvalue weighted by molar-refractivity contribution is 0.225. The van der Waals surface area contributed by atoms with Gasteiger partial charge in [-0.1, -0.05) is 34.8 Å². The maximum Gasteiger partial charge on any atom is 0.291 e. The van der Waals surface area contributed by atoms with E-state index in [1.807, 2.05) is 18.2 Å². The van der Waals surface area contributed by atoms with Gasteiger partial charge < -0.3 is 9.73 Å². The molecule has 0 amide bonds. The van der Waals surface area contributed by atoms with Gasteiger partial charge in [-0.3, -0.25) is 9.69 Å². The van der Waals surface area contributed by atoms with E-state index in [9.17, 15) is 4.79 Å². The van der Waals surface area contributed by atoms with Crippen molar-refractivity contribution in [1.82, 2.24) is 14.7 Å². The van der Waals surface area contributed by atoms with Crippen molar-refractivity contribution in [3.63, 3.8) is 0 Å². The van der Waals surface area contributed by atoms with E-state index in [1.54, 1.807) is 18.4 Å². The molecule has 1 fully saturated rings. The predicted octanol–water partition coefficient (Wildman–Crippen LogP) is 5.03. The summed E-state index contributed by atoms with van der Waals surface area (Å²) in [6.07, 6.45) is 5.41. The summed E-state index contributed by atoms with van der Waals surface area (Å²) >= 11 is 18.2. The summed E-state index contributed by atoms with van der Waals surface area (Å²) in [6, 6.07) is 9.27. The van der Waals surface area contributed by atoms with Gasteiger partial charge in [0.1, 0.15) is 10.8 Å². The van der Waals surface area contributed by atoms with E-state index in [-0.39, 0.29) is 16.1 Å². The topological polar surface area (TPSA) is 63.3 Å². The molecule has 152 valence electrons. The number of nitrogens with zero attached hydrogens (tertiary/aromatic N) is 3. The minimum atomic E-state index is -0.497. The van der Waals surface area contributed by atoms with E-state index < -0.39 is 5.56 Å². The van der Waals surface area contributed by atoms with E-state index in [2.05, 4.69) is 15.3 Å². The number of anilines is 1. The Balaban J connectivity index is 1.54. The first-order valence-electron chi connectivity index (χ1n) is 9.29. The highest BCUT2D eigenvalue weighted by atomic mass is 35.5. The van der Waals surface area contributed by atoms with Gasteiger partial charge in [0.2, 0.25) is 0 Å². The molecule has 1 aromatic carbocycles. The Kier molecular flexibility index (Phi) is 6.15. The molecule has 1 N–H and O–H groups in total. The Morgan fingerprint density at radius 3 is 2.62 bits per heavy atom. The van der Waals surface area contributed by atoms with E-state index in [0.717, 1.165) is 24.5 Å². The van der Waals surface area contributed by atoms with Crippen molar-refractivity contribution in [3.05, 3.63) is 74.0 Å². The minimum absolute atomic E-state index is 0.0770. The van der Waals surface area contributed by atoms with Gasteiger partial charge >= 0.3 is 0 Å². The van der Waals surface area contributed by atoms with Crippen LogP contribution in [0.5, 0.6) is 0 Å². The molecule has 0 aliphatic carbocycles. The second kappa shape index (κ2) is 8.79. The molecule has 4 rings (SSSR count). The average molecular weight is 454 g/mol. The van der Waals surface area contributed by atoms with Crippen molar-refractivity contribution in [2.45, 2.75) is 18.9 Å². The highest BCUT2D eigenvalue weighted by Gasteiger charge is 2.25. The van der Waals surface area contributed by atoms with E-state index in [1.165, 1.54) is 23.7 Å². The summed E-state index contributed by atoms with van der Waals surface area (Å²) in [7, 11) is 0. The zero-order valence-electron chi connectivity index (χ0n) is 15.4. The van der Waals surface area contributed by atoms with E-state index >= 15 is 0 Å². The van der Waals surface area contributed by atoms with Gasteiger partial charge in [0.15, 0.2) is 0 Å². The van der Waals surface area contributed by atoms with Gasteiger partial charge in [-0.25, -0.2) is 0 Å². The van der Waals surface area contributed by atoms with Gasteiger partial charge in [0, 0.05) is 6.54 Å². The standard InChI is InChI=1S/C20H19Cl3N4O2/c21-14-10-13(27-20(28)19(23)15(22)11-25-27)5-6-16(14)24-12-17(18-4-3-9-29-18)26-7-1-2-8-26/h3-6,9-11,17,24H,1-2,7-8,12H2. The highest BCUT2D eigenvalue weighted by molar-refractivity contribution is 6.41. The molecule has 0 radical (unpaired) electrons. The maximum atomic E-state index is 12.3. The first-order valence-corrected chi connectivity index (χ1v) is 10.4. The fourth-order valence-electron chi connectivity index (χ4n) is 3.53. The number of halogens is 3. The molecule has 2 aromatic heterocycles. The van der Waals surface area contributed by atoms with Crippen LogP contribution in [0.4, 0.5) is 5.69 Å². The van der Waals surface area contributed by atoms with Crippen LogP contribution in [0.25, 0.3) is 5.69 Å². The number of nitrogens with one attached hydrogen (secondary N) is 1. The third-order valence-electron chi connectivity index (χ3n) is 5.01. The average Bonchev–Trinajstić information content (AvgIpc) is 3.42. The number of hydrogen-bond acceptors (Lipinski definition) is 5. The molecule has 0 spiro atoms. The summed E-state index contributed by atoms with van der Waals surface area (Å²) in [5.74, 6) is 0.929. The van der Waals surface area contributed by atoms with Crippen molar-refractivity contribution in [1.29, 1.82) is 0 Å². The Hall–Kier alpha value is -1.99. The Bertz CT molecular complexity index is 1050. The van der Waals surface area contributed by atoms with E-state index in [0.29, 0.717) is 17.3 Å². The minimum Gasteiger partial charge on any atom is -0.468 e. The molecular formula is C20H19Cl3N4O2. The number of aromatic nitrogens is 2. The molecule has 1 unspecified atom stereocenters. The molecule has 6 nitrogen and oxygen atoms in total. The second-order valence-electron chi connectivity index (χ2n) is 6.84. The Morgan fingerprint density at radius 2 is 1.93 bits per heavy atom. The molecule has 1 aliphatic rings. The quantitative estimate of drug-likeness (QED) is 0.567. The smallest absolute Gasteiger partial charge is 0.291 e. The van der Waals surface area contributed by atoms with Gasteiger partial charge in [-0.05, 0) is 56.3 Å². The molecule has 1 saturated heterocycles. The van der Waals surface area contributed by atoms with Crippen molar-refractivity contribution >= 4 is 40.5 Å². The van der Waals surface area contributed by atoms with Gasteiger partial charge in [0.25, 0.3) is 5.56 Å². The van der Waals surface area contributed by atoms with Crippen LogP contribution in [0, 0.1) is 0 Å². The molecule has 3 heterocycles. The van der Waals surface area contributed by atoms with Crippen LogP contribution < -0.4 is 10.9 Å². The van der Waals surface area contributed by atoms with Gasteiger partial charge in [0.05, 0.1) is 39.9 Å². The third-order valence-corrected chi connectivity index (χ3v) is 6.07. The number of hydrogen-bond donors (Lipinski definition) is 1. The lowest BCUT2D eigenvalue weighted by atomic mass is 10.2. The van der Waals surface area contributed by atoms with Gasteiger partial charge in [-0.15, -0.1) is 0 Å². The van der Waals surface area contributed by atoms with Crippen LogP contribution in [0.2, 0.25) is 15.1 Å². The number of likely N-dealkylation sites (tertiary alicyclic amines) is 1. The number of rotatable bonds is 6. The SMILES string of the molecule is O=c1c(Cl)c(Cl)cnn1-c1ccc(NCC(c2ccco2)N2CCCC2)c(Cl)c1. The number of benzene rings is 1. The van der Waals surface area contributed by atoms with Crippen molar-refractivity contribution in [3.8, 4) is 5.69 Å². The lowest BCUT2D eigenvalue weighted by Gasteiger charge is -2.26. The molecule has 0 saturated carbocycles. The van der Waals surface area contributed by atoms with Crippen molar-refractivity contribution < 1.29 is 4.42 Å². The monoisotopic (exact) mass is 452 g/mol. The van der Waals surface area contributed by atoms with E-state index in [4.69, 9.17) is 39.2 Å². The first-order chi connectivity index (χ1) is 14.0. The van der Waals surface area contributed by atoms with Gasteiger partial charge in [-0.2, -0.15) is 9.78 Å². The highest BCUT2D eigenvalue weighted by Crippen LogP contribution is 2.29. The van der Waals surface area contributed by atoms with Crippen LogP contribution in [0.15, 0.2) is 52.0 Å². The fourth-order valence-corrected chi connectivity index (χ4v) is 4.02.